The van der Waals surface area contributed by atoms with Crippen LogP contribution in [-0.2, 0) is 29.3 Å². The fourth-order valence-corrected chi connectivity index (χ4v) is 7.13. The summed E-state index contributed by atoms with van der Waals surface area (Å²) in [6.45, 7) is -1.11. The number of anilines is 1. The van der Waals surface area contributed by atoms with Crippen molar-refractivity contribution in [2.75, 3.05) is 11.4 Å². The minimum atomic E-state index is -5.78. The van der Waals surface area contributed by atoms with Crippen molar-refractivity contribution in [3.63, 3.8) is 0 Å². The largest absolute Gasteiger partial charge is 0.511 e. The lowest BCUT2D eigenvalue weighted by molar-refractivity contribution is -0.137. The Morgan fingerprint density at radius 2 is 1.83 bits per heavy atom. The maximum absolute atomic E-state index is 13.7. The molecule has 13 heteroatoms. The number of nitrogens with zero attached hydrogens (tertiary/aromatic N) is 3. The van der Waals surface area contributed by atoms with Crippen LogP contribution in [0.25, 0.3) is 0 Å². The van der Waals surface area contributed by atoms with E-state index in [2.05, 4.69) is 9.97 Å². The SMILES string of the molecule is O=S(=O)(N1Cc2cc(C(F)(F)F)ccc2N(Cc2cnc[nH]2)[C@@H](C23CCC(CC2)C3)C1)C(F)(F)F. The third-order valence-electron chi connectivity index (χ3n) is 7.85. The summed E-state index contributed by atoms with van der Waals surface area (Å²) in [6, 6.07) is 2.27. The first-order chi connectivity index (χ1) is 16.3. The minimum Gasteiger partial charge on any atom is -0.361 e. The molecular weight excluding hydrogens is 498 g/mol. The van der Waals surface area contributed by atoms with Crippen LogP contribution in [0.3, 0.4) is 0 Å². The molecule has 3 aliphatic rings. The Morgan fingerprint density at radius 3 is 2.37 bits per heavy atom. The number of aromatic nitrogens is 2. The van der Waals surface area contributed by atoms with Gasteiger partial charge in [-0.25, -0.2) is 13.4 Å². The maximum Gasteiger partial charge on any atom is 0.511 e. The number of halogens is 6. The number of H-pyrrole nitrogens is 1. The van der Waals surface area contributed by atoms with E-state index in [-0.39, 0.29) is 12.1 Å². The van der Waals surface area contributed by atoms with Crippen LogP contribution < -0.4 is 4.90 Å². The van der Waals surface area contributed by atoms with Gasteiger partial charge in [-0.15, -0.1) is 0 Å². The second-order valence-electron chi connectivity index (χ2n) is 9.81. The molecule has 0 spiro atoms. The summed E-state index contributed by atoms with van der Waals surface area (Å²) < 4.78 is 107. The molecule has 1 aromatic heterocycles. The van der Waals surface area contributed by atoms with Gasteiger partial charge in [0.15, 0.2) is 0 Å². The van der Waals surface area contributed by atoms with E-state index >= 15 is 0 Å². The Balaban J connectivity index is 1.68. The number of sulfonamides is 1. The normalized spacial score (nSPS) is 27.8. The Kier molecular flexibility index (Phi) is 5.66. The van der Waals surface area contributed by atoms with Gasteiger partial charge in [-0.1, -0.05) is 0 Å². The zero-order chi connectivity index (χ0) is 25.2. The molecule has 192 valence electrons. The molecule has 2 saturated carbocycles. The summed E-state index contributed by atoms with van der Waals surface area (Å²) in [5.74, 6) is 0.423. The van der Waals surface area contributed by atoms with E-state index in [0.29, 0.717) is 21.6 Å². The Bertz CT molecular complexity index is 1190. The molecule has 1 aromatic carbocycles. The molecule has 2 heterocycles. The van der Waals surface area contributed by atoms with Gasteiger partial charge in [0, 0.05) is 31.0 Å². The highest BCUT2D eigenvalue weighted by Gasteiger charge is 2.56. The van der Waals surface area contributed by atoms with Gasteiger partial charge >= 0.3 is 21.7 Å². The van der Waals surface area contributed by atoms with Gasteiger partial charge in [0.25, 0.3) is 0 Å². The first-order valence-corrected chi connectivity index (χ1v) is 12.7. The van der Waals surface area contributed by atoms with Gasteiger partial charge in [-0.2, -0.15) is 30.6 Å². The van der Waals surface area contributed by atoms with Crippen LogP contribution in [-0.4, -0.2) is 40.8 Å². The van der Waals surface area contributed by atoms with Crippen LogP contribution in [0, 0.1) is 11.3 Å². The summed E-state index contributed by atoms with van der Waals surface area (Å²) >= 11 is 0. The van der Waals surface area contributed by atoms with E-state index in [1.165, 1.54) is 12.4 Å². The molecule has 0 unspecified atom stereocenters. The molecule has 1 N–H and O–H groups in total. The molecule has 2 fully saturated rings. The van der Waals surface area contributed by atoms with Crippen molar-refractivity contribution < 1.29 is 34.8 Å². The quantitative estimate of drug-likeness (QED) is 0.571. The summed E-state index contributed by atoms with van der Waals surface area (Å²) in [5.41, 5.74) is -6.21. The number of nitrogens with one attached hydrogen (secondary N) is 1. The van der Waals surface area contributed by atoms with Crippen LogP contribution in [0.5, 0.6) is 0 Å². The zero-order valence-electron chi connectivity index (χ0n) is 18.5. The first-order valence-electron chi connectivity index (χ1n) is 11.3. The lowest BCUT2D eigenvalue weighted by atomic mass is 9.76. The zero-order valence-corrected chi connectivity index (χ0v) is 19.3. The molecule has 2 aromatic rings. The average Bonchev–Trinajstić information content (AvgIpc) is 3.50. The maximum atomic E-state index is 13.7. The van der Waals surface area contributed by atoms with Crippen molar-refractivity contribution in [3.05, 3.63) is 47.5 Å². The highest BCUT2D eigenvalue weighted by Crippen LogP contribution is 2.58. The van der Waals surface area contributed by atoms with Crippen molar-refractivity contribution in [3.8, 4) is 0 Å². The van der Waals surface area contributed by atoms with Gasteiger partial charge in [0.2, 0.25) is 0 Å². The standard InChI is InChI=1S/C22H24F6N4O2S/c23-21(24,25)16-1-2-18-15(7-16)10-31(35(33,34)22(26,27)28)12-19(20-5-3-14(8-20)4-6-20)32(18)11-17-9-29-13-30-17/h1-2,7,9,13-14,19H,3-6,8,10-12H2,(H,29,30)/t14?,19-,20?/m1/s1. The Hall–Kier alpha value is -2.28. The van der Waals surface area contributed by atoms with Crippen LogP contribution in [0.15, 0.2) is 30.7 Å². The fourth-order valence-electron chi connectivity index (χ4n) is 6.19. The first kappa shape index (κ1) is 24.4. The molecule has 0 saturated heterocycles. The summed E-state index contributed by atoms with van der Waals surface area (Å²) in [7, 11) is -5.78. The molecule has 5 rings (SSSR count). The molecule has 1 aliphatic heterocycles. The van der Waals surface area contributed by atoms with Crippen molar-refractivity contribution in [2.45, 2.75) is 62.9 Å². The lowest BCUT2D eigenvalue weighted by Crippen LogP contribution is -2.53. The smallest absolute Gasteiger partial charge is 0.361 e. The molecule has 0 radical (unpaired) electrons. The van der Waals surface area contributed by atoms with Crippen LogP contribution in [0.4, 0.5) is 32.0 Å². The van der Waals surface area contributed by atoms with E-state index in [0.717, 1.165) is 44.2 Å². The number of imidazole rings is 1. The highest BCUT2D eigenvalue weighted by molar-refractivity contribution is 7.89. The second kappa shape index (κ2) is 8.12. The molecule has 35 heavy (non-hydrogen) atoms. The molecule has 2 aliphatic carbocycles. The topological polar surface area (TPSA) is 69.3 Å². The Labute approximate surface area is 198 Å². The number of fused-ring (bicyclic) bond motifs is 3. The summed E-state index contributed by atoms with van der Waals surface area (Å²) in [6.07, 6.45) is 2.28. The van der Waals surface area contributed by atoms with Gasteiger partial charge in [0.1, 0.15) is 0 Å². The summed E-state index contributed by atoms with van der Waals surface area (Å²) in [5, 5.41) is 0. The summed E-state index contributed by atoms with van der Waals surface area (Å²) in [4.78, 5) is 8.72. The molecule has 2 bridgehead atoms. The van der Waals surface area contributed by atoms with E-state index in [9.17, 15) is 34.8 Å². The minimum absolute atomic E-state index is 0.112. The molecule has 6 nitrogen and oxygen atoms in total. The number of alkyl halides is 6. The molecule has 0 amide bonds. The number of hydrogen-bond donors (Lipinski definition) is 1. The number of rotatable bonds is 4. The predicted molar refractivity (Wildman–Crippen MR) is 114 cm³/mol. The third-order valence-corrected chi connectivity index (χ3v) is 9.39. The molecular formula is C22H24F6N4O2S. The van der Waals surface area contributed by atoms with Crippen LogP contribution >= 0.6 is 0 Å². The fraction of sp³-hybridized carbons (Fsp3) is 0.591. The van der Waals surface area contributed by atoms with E-state index in [1.807, 2.05) is 0 Å². The van der Waals surface area contributed by atoms with Crippen molar-refractivity contribution in [1.82, 2.24) is 14.3 Å². The second-order valence-corrected chi connectivity index (χ2v) is 11.7. The predicted octanol–water partition coefficient (Wildman–Crippen LogP) is 5.05. The van der Waals surface area contributed by atoms with Gasteiger partial charge in [-0.05, 0) is 67.2 Å². The highest BCUT2D eigenvalue weighted by atomic mass is 32.2. The third kappa shape index (κ3) is 4.20. The number of aromatic amines is 1. The number of hydrogen-bond acceptors (Lipinski definition) is 4. The van der Waals surface area contributed by atoms with Gasteiger partial charge < -0.3 is 9.88 Å². The van der Waals surface area contributed by atoms with E-state index < -0.39 is 51.8 Å². The van der Waals surface area contributed by atoms with E-state index in [4.69, 9.17) is 0 Å². The number of benzene rings is 1. The Morgan fingerprint density at radius 1 is 1.11 bits per heavy atom. The monoisotopic (exact) mass is 522 g/mol. The molecule has 1 atom stereocenters. The van der Waals surface area contributed by atoms with Crippen molar-refractivity contribution in [2.24, 2.45) is 11.3 Å². The van der Waals surface area contributed by atoms with Crippen molar-refractivity contribution in [1.29, 1.82) is 0 Å². The lowest BCUT2D eigenvalue weighted by Gasteiger charge is -2.45. The van der Waals surface area contributed by atoms with Gasteiger partial charge in [0.05, 0.1) is 24.1 Å². The van der Waals surface area contributed by atoms with Gasteiger partial charge in [-0.3, -0.25) is 0 Å². The van der Waals surface area contributed by atoms with Crippen molar-refractivity contribution >= 4 is 15.7 Å². The van der Waals surface area contributed by atoms with Crippen LogP contribution in [0.2, 0.25) is 0 Å². The van der Waals surface area contributed by atoms with Crippen LogP contribution in [0.1, 0.15) is 48.9 Å². The van der Waals surface area contributed by atoms with E-state index in [1.54, 1.807) is 11.1 Å². The average molecular weight is 523 g/mol.